The number of aliphatic hydroxyl groups excluding tert-OH is 1. The fourth-order valence-electron chi connectivity index (χ4n) is 1.34. The summed E-state index contributed by atoms with van der Waals surface area (Å²) in [5.41, 5.74) is 6.31. The molecule has 2 rings (SSSR count). The van der Waals surface area contributed by atoms with Crippen LogP contribution >= 0.6 is 0 Å². The topological polar surface area (TPSA) is 105 Å². The van der Waals surface area contributed by atoms with E-state index in [4.69, 9.17) is 21.0 Å². The van der Waals surface area contributed by atoms with E-state index in [0.29, 0.717) is 17.3 Å². The van der Waals surface area contributed by atoms with Crippen LogP contribution in [-0.2, 0) is 6.61 Å². The third-order valence-electron chi connectivity index (χ3n) is 2.21. The summed E-state index contributed by atoms with van der Waals surface area (Å²) in [7, 11) is 0. The number of hydrogen-bond donors (Lipinski definition) is 3. The van der Waals surface area contributed by atoms with Gasteiger partial charge in [0.05, 0.1) is 19.0 Å². The second-order valence-electron chi connectivity index (χ2n) is 3.56. The number of rotatable bonds is 4. The summed E-state index contributed by atoms with van der Waals surface area (Å²) < 4.78 is 5.46. The van der Waals surface area contributed by atoms with Gasteiger partial charge in [0, 0.05) is 0 Å². The molecule has 0 aliphatic rings. The molecule has 1 heterocycles. The van der Waals surface area contributed by atoms with Crippen LogP contribution in [0.1, 0.15) is 11.3 Å². The first kappa shape index (κ1) is 12.0. The largest absolute Gasteiger partial charge is 0.437 e. The fourth-order valence-corrected chi connectivity index (χ4v) is 1.34. The smallest absolute Gasteiger partial charge is 0.237 e. The van der Waals surface area contributed by atoms with E-state index in [1.807, 2.05) is 0 Å². The van der Waals surface area contributed by atoms with Gasteiger partial charge in [-0.25, -0.2) is 9.97 Å². The molecule has 0 saturated carbocycles. The zero-order valence-corrected chi connectivity index (χ0v) is 9.50. The monoisotopic (exact) mass is 244 g/mol. The number of nitrogens with zero attached hydrogens (tertiary/aromatic N) is 2. The molecule has 4 N–H and O–H groups in total. The van der Waals surface area contributed by atoms with E-state index in [1.165, 1.54) is 12.4 Å². The van der Waals surface area contributed by atoms with Crippen molar-refractivity contribution in [3.05, 3.63) is 47.9 Å². The van der Waals surface area contributed by atoms with E-state index in [0.717, 1.165) is 5.56 Å². The van der Waals surface area contributed by atoms with Crippen molar-refractivity contribution in [2.45, 2.75) is 6.61 Å². The van der Waals surface area contributed by atoms with Crippen LogP contribution < -0.4 is 10.5 Å². The van der Waals surface area contributed by atoms with Gasteiger partial charge in [-0.2, -0.15) is 0 Å². The van der Waals surface area contributed by atoms with Crippen LogP contribution in [0.4, 0.5) is 0 Å². The van der Waals surface area contributed by atoms with Crippen molar-refractivity contribution in [3.63, 3.8) is 0 Å². The van der Waals surface area contributed by atoms with Gasteiger partial charge in [-0.3, -0.25) is 5.41 Å². The summed E-state index contributed by atoms with van der Waals surface area (Å²) in [6, 6.07) is 7.02. The number of amidine groups is 1. The number of nitrogens with two attached hydrogens (primary N) is 1. The molecule has 0 radical (unpaired) electrons. The Balaban J connectivity index is 2.15. The lowest BCUT2D eigenvalue weighted by Gasteiger charge is -2.05. The maximum Gasteiger partial charge on any atom is 0.237 e. The zero-order valence-electron chi connectivity index (χ0n) is 9.50. The number of nitrogen functional groups attached to an aromatic ring is 1. The van der Waals surface area contributed by atoms with Crippen molar-refractivity contribution in [1.29, 1.82) is 5.41 Å². The molecular weight excluding hydrogens is 232 g/mol. The minimum Gasteiger partial charge on any atom is -0.437 e. The van der Waals surface area contributed by atoms with Crippen LogP contribution in [0, 0.1) is 5.41 Å². The first-order valence-electron chi connectivity index (χ1n) is 5.23. The number of nitrogens with one attached hydrogen (secondary N) is 1. The molecule has 2 aromatic rings. The van der Waals surface area contributed by atoms with Crippen LogP contribution in [0.5, 0.6) is 11.6 Å². The standard InChI is InChI=1S/C12H12N4O2/c13-12(14)10-5-16-11(6-15-10)18-9-3-1-2-8(4-9)7-17/h1-6,17H,7H2,(H3,13,14). The van der Waals surface area contributed by atoms with Crippen molar-refractivity contribution in [3.8, 4) is 11.6 Å². The Morgan fingerprint density at radius 3 is 2.78 bits per heavy atom. The maximum absolute atomic E-state index is 9.00. The molecule has 0 fully saturated rings. The number of ether oxygens (including phenoxy) is 1. The normalized spacial score (nSPS) is 10.1. The molecule has 0 unspecified atom stereocenters. The van der Waals surface area contributed by atoms with E-state index in [9.17, 15) is 0 Å². The van der Waals surface area contributed by atoms with Crippen molar-refractivity contribution >= 4 is 5.84 Å². The highest BCUT2D eigenvalue weighted by atomic mass is 16.5. The van der Waals surface area contributed by atoms with Crippen molar-refractivity contribution in [1.82, 2.24) is 9.97 Å². The van der Waals surface area contributed by atoms with Crippen LogP contribution in [0.15, 0.2) is 36.7 Å². The van der Waals surface area contributed by atoms with E-state index in [-0.39, 0.29) is 12.4 Å². The molecule has 0 saturated heterocycles. The van der Waals surface area contributed by atoms with Gasteiger partial charge in [-0.15, -0.1) is 0 Å². The summed E-state index contributed by atoms with van der Waals surface area (Å²) in [5, 5.41) is 16.2. The number of aliphatic hydroxyl groups is 1. The SMILES string of the molecule is N=C(N)c1cnc(Oc2cccc(CO)c2)cn1. The summed E-state index contributed by atoms with van der Waals surface area (Å²) in [6.45, 7) is -0.0495. The Hall–Kier alpha value is -2.47. The molecule has 6 nitrogen and oxygen atoms in total. The van der Waals surface area contributed by atoms with Crippen LogP contribution in [0.25, 0.3) is 0 Å². The highest BCUT2D eigenvalue weighted by molar-refractivity contribution is 5.92. The van der Waals surface area contributed by atoms with Gasteiger partial charge in [-0.05, 0) is 17.7 Å². The highest BCUT2D eigenvalue weighted by Crippen LogP contribution is 2.19. The second kappa shape index (κ2) is 5.24. The summed E-state index contributed by atoms with van der Waals surface area (Å²) >= 11 is 0. The van der Waals surface area contributed by atoms with Gasteiger partial charge < -0.3 is 15.6 Å². The molecule has 0 amide bonds. The van der Waals surface area contributed by atoms with Crippen molar-refractivity contribution in [2.75, 3.05) is 0 Å². The van der Waals surface area contributed by atoms with Gasteiger partial charge in [0.2, 0.25) is 5.88 Å². The lowest BCUT2D eigenvalue weighted by atomic mass is 10.2. The number of hydrogen-bond acceptors (Lipinski definition) is 5. The van der Waals surface area contributed by atoms with Gasteiger partial charge in [0.1, 0.15) is 17.3 Å². The first-order valence-corrected chi connectivity index (χ1v) is 5.23. The second-order valence-corrected chi connectivity index (χ2v) is 3.56. The lowest BCUT2D eigenvalue weighted by molar-refractivity contribution is 0.281. The Labute approximate surface area is 104 Å². The molecule has 6 heteroatoms. The average Bonchev–Trinajstić information content (AvgIpc) is 2.39. The molecule has 0 aliphatic carbocycles. The fraction of sp³-hybridized carbons (Fsp3) is 0.0833. The van der Waals surface area contributed by atoms with E-state index < -0.39 is 0 Å². The summed E-state index contributed by atoms with van der Waals surface area (Å²) in [5.74, 6) is 0.720. The third-order valence-corrected chi connectivity index (χ3v) is 2.21. The quantitative estimate of drug-likeness (QED) is 0.550. The first-order chi connectivity index (χ1) is 8.69. The van der Waals surface area contributed by atoms with Gasteiger partial charge in [0.15, 0.2) is 0 Å². The molecule has 92 valence electrons. The Kier molecular flexibility index (Phi) is 3.49. The Morgan fingerprint density at radius 2 is 2.17 bits per heavy atom. The molecule has 1 aromatic carbocycles. The molecule has 0 spiro atoms. The van der Waals surface area contributed by atoms with E-state index in [2.05, 4.69) is 9.97 Å². The predicted octanol–water partition coefficient (Wildman–Crippen LogP) is 1.05. The zero-order chi connectivity index (χ0) is 13.0. The van der Waals surface area contributed by atoms with Gasteiger partial charge >= 0.3 is 0 Å². The van der Waals surface area contributed by atoms with E-state index in [1.54, 1.807) is 24.3 Å². The molecular formula is C12H12N4O2. The predicted molar refractivity (Wildman–Crippen MR) is 65.5 cm³/mol. The Bertz CT molecular complexity index is 554. The van der Waals surface area contributed by atoms with Crippen LogP contribution in [0.3, 0.4) is 0 Å². The highest BCUT2D eigenvalue weighted by Gasteiger charge is 2.02. The molecule has 1 aromatic heterocycles. The van der Waals surface area contributed by atoms with Crippen LogP contribution in [-0.4, -0.2) is 20.9 Å². The minimum absolute atomic E-state index is 0.0495. The lowest BCUT2D eigenvalue weighted by Crippen LogP contribution is -2.13. The molecule has 18 heavy (non-hydrogen) atoms. The van der Waals surface area contributed by atoms with Gasteiger partial charge in [-0.1, -0.05) is 12.1 Å². The molecule has 0 bridgehead atoms. The third kappa shape index (κ3) is 2.80. The summed E-state index contributed by atoms with van der Waals surface area (Å²) in [6.07, 6.45) is 2.76. The van der Waals surface area contributed by atoms with Crippen molar-refractivity contribution < 1.29 is 9.84 Å². The molecule has 0 aliphatic heterocycles. The maximum atomic E-state index is 9.00. The number of aromatic nitrogens is 2. The number of benzene rings is 1. The van der Waals surface area contributed by atoms with Gasteiger partial charge in [0.25, 0.3) is 0 Å². The van der Waals surface area contributed by atoms with E-state index >= 15 is 0 Å². The average molecular weight is 244 g/mol. The minimum atomic E-state index is -0.142. The Morgan fingerprint density at radius 1 is 1.33 bits per heavy atom. The molecule has 0 atom stereocenters. The van der Waals surface area contributed by atoms with Crippen LogP contribution in [0.2, 0.25) is 0 Å². The summed E-state index contributed by atoms with van der Waals surface area (Å²) in [4.78, 5) is 7.91. The van der Waals surface area contributed by atoms with Crippen molar-refractivity contribution in [2.24, 2.45) is 5.73 Å².